The van der Waals surface area contributed by atoms with E-state index >= 15 is 0 Å². The van der Waals surface area contributed by atoms with Crippen LogP contribution in [0.25, 0.3) is 0 Å². The first-order valence-corrected chi connectivity index (χ1v) is 7.98. The number of carbonyl (C=O) groups is 1. The Balaban J connectivity index is 2.40. The smallest absolute Gasteiger partial charge is 0.308 e. The van der Waals surface area contributed by atoms with E-state index in [0.717, 1.165) is 25.7 Å². The predicted octanol–water partition coefficient (Wildman–Crippen LogP) is 0.0817. The molecular formula is C15H28O7. The average Bonchev–Trinajstić information content (AvgIpc) is 2.76. The Morgan fingerprint density at radius 1 is 1.14 bits per heavy atom. The number of esters is 1. The van der Waals surface area contributed by atoms with Gasteiger partial charge in [-0.15, -0.1) is 0 Å². The summed E-state index contributed by atoms with van der Waals surface area (Å²) >= 11 is 0. The lowest BCUT2D eigenvalue weighted by Gasteiger charge is -2.29. The van der Waals surface area contributed by atoms with Crippen molar-refractivity contribution in [3.63, 3.8) is 0 Å². The lowest BCUT2D eigenvalue weighted by atomic mass is 10.1. The standard InChI is InChI=1S/C15H28O7/c1-2-3-4-5-6-7-8-12(18)22-15(10-17)14(20)13(19)11(9-16)21-15/h11,13-14,16-17,19-20H,2-10H2,1H3/t11-,13-,14+,15?/m1/s1. The van der Waals surface area contributed by atoms with Gasteiger partial charge in [-0.25, -0.2) is 0 Å². The molecule has 4 atom stereocenters. The van der Waals surface area contributed by atoms with Crippen LogP contribution in [0.3, 0.4) is 0 Å². The summed E-state index contributed by atoms with van der Waals surface area (Å²) in [5.74, 6) is -2.60. The van der Waals surface area contributed by atoms with Crippen molar-refractivity contribution in [3.8, 4) is 0 Å². The molecule has 4 N–H and O–H groups in total. The molecule has 0 aliphatic carbocycles. The van der Waals surface area contributed by atoms with Gasteiger partial charge in [0.05, 0.1) is 6.61 Å². The van der Waals surface area contributed by atoms with E-state index in [2.05, 4.69) is 6.92 Å². The predicted molar refractivity (Wildman–Crippen MR) is 77.9 cm³/mol. The fraction of sp³-hybridized carbons (Fsp3) is 0.933. The molecule has 1 saturated heterocycles. The average molecular weight is 320 g/mol. The molecule has 1 aliphatic rings. The monoisotopic (exact) mass is 320 g/mol. The molecule has 0 amide bonds. The molecule has 7 heteroatoms. The van der Waals surface area contributed by atoms with E-state index in [1.54, 1.807) is 0 Å². The second-order valence-corrected chi connectivity index (χ2v) is 5.74. The first-order valence-electron chi connectivity index (χ1n) is 7.98. The Bertz CT molecular complexity index is 336. The van der Waals surface area contributed by atoms with Crippen molar-refractivity contribution >= 4 is 5.97 Å². The number of hydrogen-bond acceptors (Lipinski definition) is 7. The Morgan fingerprint density at radius 3 is 2.32 bits per heavy atom. The van der Waals surface area contributed by atoms with Gasteiger partial charge in [-0.2, -0.15) is 0 Å². The number of unbranched alkanes of at least 4 members (excludes halogenated alkanes) is 5. The number of aliphatic hydroxyl groups is 4. The van der Waals surface area contributed by atoms with Crippen molar-refractivity contribution in [3.05, 3.63) is 0 Å². The van der Waals surface area contributed by atoms with Gasteiger partial charge in [0.25, 0.3) is 5.79 Å². The van der Waals surface area contributed by atoms with Gasteiger partial charge in [0.2, 0.25) is 0 Å². The molecule has 0 aromatic carbocycles. The Labute approximate surface area is 130 Å². The highest BCUT2D eigenvalue weighted by molar-refractivity contribution is 5.69. The third-order valence-corrected chi connectivity index (χ3v) is 3.93. The molecule has 1 fully saturated rings. The summed E-state index contributed by atoms with van der Waals surface area (Å²) in [6, 6.07) is 0. The topological polar surface area (TPSA) is 116 Å². The van der Waals surface area contributed by atoms with Crippen LogP contribution in [0.2, 0.25) is 0 Å². The molecule has 0 radical (unpaired) electrons. The number of rotatable bonds is 10. The molecule has 0 aromatic rings. The summed E-state index contributed by atoms with van der Waals surface area (Å²) in [6.45, 7) is 0.797. The van der Waals surface area contributed by atoms with E-state index in [1.165, 1.54) is 6.42 Å². The summed E-state index contributed by atoms with van der Waals surface area (Å²) in [6.07, 6.45) is 2.15. The van der Waals surface area contributed by atoms with Crippen LogP contribution in [0.1, 0.15) is 51.9 Å². The van der Waals surface area contributed by atoms with Gasteiger partial charge in [-0.1, -0.05) is 39.0 Å². The number of ether oxygens (including phenoxy) is 2. The Morgan fingerprint density at radius 2 is 1.77 bits per heavy atom. The Kier molecular flexibility index (Phi) is 8.27. The molecule has 22 heavy (non-hydrogen) atoms. The summed E-state index contributed by atoms with van der Waals surface area (Å²) in [4.78, 5) is 11.8. The van der Waals surface area contributed by atoms with Gasteiger partial charge in [0.1, 0.15) is 18.8 Å². The van der Waals surface area contributed by atoms with Crippen LogP contribution in [0.5, 0.6) is 0 Å². The maximum absolute atomic E-state index is 11.8. The molecule has 0 bridgehead atoms. The van der Waals surface area contributed by atoms with Crippen LogP contribution in [-0.4, -0.2) is 63.7 Å². The van der Waals surface area contributed by atoms with Gasteiger partial charge in [-0.05, 0) is 6.42 Å². The maximum atomic E-state index is 11.8. The van der Waals surface area contributed by atoms with E-state index in [9.17, 15) is 20.1 Å². The molecule has 1 unspecified atom stereocenters. The van der Waals surface area contributed by atoms with Crippen LogP contribution < -0.4 is 0 Å². The molecule has 130 valence electrons. The van der Waals surface area contributed by atoms with Crippen LogP contribution in [0.15, 0.2) is 0 Å². The van der Waals surface area contributed by atoms with Crippen molar-refractivity contribution < 1.29 is 34.7 Å². The fourth-order valence-corrected chi connectivity index (χ4v) is 2.55. The van der Waals surface area contributed by atoms with Crippen molar-refractivity contribution in [2.75, 3.05) is 13.2 Å². The molecular weight excluding hydrogens is 292 g/mol. The van der Waals surface area contributed by atoms with Crippen LogP contribution in [0.4, 0.5) is 0 Å². The minimum atomic E-state index is -1.99. The fourth-order valence-electron chi connectivity index (χ4n) is 2.55. The highest BCUT2D eigenvalue weighted by atomic mass is 16.8. The zero-order valence-electron chi connectivity index (χ0n) is 13.1. The van der Waals surface area contributed by atoms with Crippen molar-refractivity contribution in [2.45, 2.75) is 76.0 Å². The van der Waals surface area contributed by atoms with Crippen molar-refractivity contribution in [1.29, 1.82) is 0 Å². The van der Waals surface area contributed by atoms with Gasteiger partial charge in [0.15, 0.2) is 6.10 Å². The molecule has 0 saturated carbocycles. The molecule has 7 nitrogen and oxygen atoms in total. The summed E-state index contributed by atoms with van der Waals surface area (Å²) in [5.41, 5.74) is 0. The highest BCUT2D eigenvalue weighted by Crippen LogP contribution is 2.32. The number of aliphatic hydroxyl groups excluding tert-OH is 4. The summed E-state index contributed by atoms with van der Waals surface area (Å²) in [7, 11) is 0. The van der Waals surface area contributed by atoms with E-state index in [1.807, 2.05) is 0 Å². The van der Waals surface area contributed by atoms with Gasteiger partial charge in [0, 0.05) is 6.42 Å². The van der Waals surface area contributed by atoms with Crippen LogP contribution >= 0.6 is 0 Å². The Hall–Kier alpha value is -0.730. The zero-order valence-corrected chi connectivity index (χ0v) is 13.1. The van der Waals surface area contributed by atoms with Gasteiger partial charge < -0.3 is 29.9 Å². The van der Waals surface area contributed by atoms with E-state index in [-0.39, 0.29) is 6.42 Å². The van der Waals surface area contributed by atoms with Crippen LogP contribution in [-0.2, 0) is 14.3 Å². The molecule has 0 aromatic heterocycles. The molecule has 1 rings (SSSR count). The SMILES string of the molecule is CCCCCCCCC(=O)OC1(CO)O[C@H](CO)[C@@H](O)[C@@H]1O. The minimum absolute atomic E-state index is 0.157. The van der Waals surface area contributed by atoms with Crippen molar-refractivity contribution in [2.24, 2.45) is 0 Å². The second-order valence-electron chi connectivity index (χ2n) is 5.74. The van der Waals surface area contributed by atoms with E-state index < -0.39 is 43.3 Å². The largest absolute Gasteiger partial charge is 0.427 e. The molecule has 1 aliphatic heterocycles. The lowest BCUT2D eigenvalue weighted by molar-refractivity contribution is -0.264. The van der Waals surface area contributed by atoms with Gasteiger partial charge in [-0.3, -0.25) is 4.79 Å². The zero-order chi connectivity index (χ0) is 16.6. The van der Waals surface area contributed by atoms with Gasteiger partial charge >= 0.3 is 5.97 Å². The number of carbonyl (C=O) groups excluding carboxylic acids is 1. The van der Waals surface area contributed by atoms with Crippen LogP contribution in [0, 0.1) is 0 Å². The minimum Gasteiger partial charge on any atom is -0.427 e. The second kappa shape index (κ2) is 9.42. The van der Waals surface area contributed by atoms with E-state index in [4.69, 9.17) is 14.6 Å². The number of hydrogen-bond donors (Lipinski definition) is 4. The maximum Gasteiger partial charge on any atom is 0.308 e. The molecule has 0 spiro atoms. The normalized spacial score (nSPS) is 31.4. The highest BCUT2D eigenvalue weighted by Gasteiger charge is 2.56. The van der Waals surface area contributed by atoms with Crippen molar-refractivity contribution in [1.82, 2.24) is 0 Å². The first kappa shape index (κ1) is 19.3. The summed E-state index contributed by atoms with van der Waals surface area (Å²) in [5, 5.41) is 38.0. The lowest BCUT2D eigenvalue weighted by Crippen LogP contribution is -2.49. The third-order valence-electron chi connectivity index (χ3n) is 3.93. The quantitative estimate of drug-likeness (QED) is 0.333. The summed E-state index contributed by atoms with van der Waals surface area (Å²) < 4.78 is 10.2. The third kappa shape index (κ3) is 4.89. The van der Waals surface area contributed by atoms with E-state index in [0.29, 0.717) is 6.42 Å². The molecule has 1 heterocycles. The first-order chi connectivity index (χ1) is 10.5.